The van der Waals surface area contributed by atoms with Gasteiger partial charge >= 0.3 is 0 Å². The molecular weight excluding hydrogens is 253 g/mol. The molecule has 0 spiro atoms. The summed E-state index contributed by atoms with van der Waals surface area (Å²) in [7, 11) is 0. The maximum Gasteiger partial charge on any atom is 0.126 e. The molecule has 3 heteroatoms. The molecule has 1 atom stereocenters. The van der Waals surface area contributed by atoms with Crippen molar-refractivity contribution >= 4 is 5.69 Å². The maximum absolute atomic E-state index is 13.2. The molecule has 0 fully saturated rings. The van der Waals surface area contributed by atoms with Crippen molar-refractivity contribution in [3.63, 3.8) is 0 Å². The summed E-state index contributed by atoms with van der Waals surface area (Å²) < 4.78 is 18.9. The first kappa shape index (κ1) is 13.0. The number of ether oxygens (including phenoxy) is 1. The molecule has 0 radical (unpaired) electrons. The predicted molar refractivity (Wildman–Crippen MR) is 78.9 cm³/mol. The van der Waals surface area contributed by atoms with Crippen molar-refractivity contribution in [3.8, 4) is 5.75 Å². The summed E-state index contributed by atoms with van der Waals surface area (Å²) in [5.74, 6) is 1.26. The highest BCUT2D eigenvalue weighted by Crippen LogP contribution is 2.33. The van der Waals surface area contributed by atoms with Crippen LogP contribution in [0.1, 0.15) is 23.5 Å². The van der Waals surface area contributed by atoms with Gasteiger partial charge in [-0.05, 0) is 48.7 Å². The van der Waals surface area contributed by atoms with Crippen LogP contribution in [0.3, 0.4) is 0 Å². The van der Waals surface area contributed by atoms with E-state index in [-0.39, 0.29) is 5.82 Å². The minimum absolute atomic E-state index is 0.160. The fraction of sp³-hybridized carbons (Fsp3) is 0.294. The maximum atomic E-state index is 13.2. The van der Waals surface area contributed by atoms with E-state index in [9.17, 15) is 4.39 Å². The average Bonchev–Trinajstić information content (AvgIpc) is 2.48. The first-order valence-electron chi connectivity index (χ1n) is 6.96. The Morgan fingerprint density at radius 2 is 2.10 bits per heavy atom. The summed E-state index contributed by atoms with van der Waals surface area (Å²) in [6.45, 7) is 3.38. The van der Waals surface area contributed by atoms with E-state index >= 15 is 0 Å². The highest BCUT2D eigenvalue weighted by atomic mass is 19.1. The van der Waals surface area contributed by atoms with E-state index in [0.717, 1.165) is 31.0 Å². The molecule has 1 aliphatic heterocycles. The number of rotatable bonds is 3. The topological polar surface area (TPSA) is 21.3 Å². The molecule has 2 aromatic rings. The van der Waals surface area contributed by atoms with Crippen molar-refractivity contribution in [2.45, 2.75) is 19.3 Å². The second kappa shape index (κ2) is 5.53. The number of fused-ring (bicyclic) bond motifs is 1. The Kier molecular flexibility index (Phi) is 3.59. The highest BCUT2D eigenvalue weighted by Gasteiger charge is 2.20. The standard InChI is InChI=1S/C17H18FNO/c1-12-10-14(6-7-16(12)18)19-11-13-8-9-20-17-5-3-2-4-15(13)17/h2-7,10,13,19H,8-9,11H2,1H3. The average molecular weight is 271 g/mol. The SMILES string of the molecule is Cc1cc(NCC2CCOc3ccccc32)ccc1F. The molecule has 1 heterocycles. The Labute approximate surface area is 118 Å². The number of para-hydroxylation sites is 1. The largest absolute Gasteiger partial charge is 0.493 e. The number of aryl methyl sites for hydroxylation is 1. The second-order valence-corrected chi connectivity index (χ2v) is 5.22. The summed E-state index contributed by atoms with van der Waals surface area (Å²) in [5.41, 5.74) is 2.89. The quantitative estimate of drug-likeness (QED) is 0.907. The van der Waals surface area contributed by atoms with Gasteiger partial charge < -0.3 is 10.1 Å². The van der Waals surface area contributed by atoms with Gasteiger partial charge in [-0.2, -0.15) is 0 Å². The molecule has 1 N–H and O–H groups in total. The van der Waals surface area contributed by atoms with E-state index < -0.39 is 0 Å². The molecule has 0 aliphatic carbocycles. The van der Waals surface area contributed by atoms with E-state index in [4.69, 9.17) is 4.74 Å². The van der Waals surface area contributed by atoms with Gasteiger partial charge in [0, 0.05) is 18.2 Å². The zero-order chi connectivity index (χ0) is 13.9. The van der Waals surface area contributed by atoms with Crippen LogP contribution in [0.25, 0.3) is 0 Å². The predicted octanol–water partition coefficient (Wildman–Crippen LogP) is 4.11. The van der Waals surface area contributed by atoms with Gasteiger partial charge in [-0.15, -0.1) is 0 Å². The van der Waals surface area contributed by atoms with Crippen LogP contribution in [0.5, 0.6) is 5.75 Å². The Hall–Kier alpha value is -2.03. The molecule has 2 aromatic carbocycles. The number of hydrogen-bond donors (Lipinski definition) is 1. The molecule has 1 aliphatic rings. The monoisotopic (exact) mass is 271 g/mol. The number of anilines is 1. The molecule has 0 bridgehead atoms. The lowest BCUT2D eigenvalue weighted by Gasteiger charge is -2.26. The lowest BCUT2D eigenvalue weighted by molar-refractivity contribution is 0.270. The van der Waals surface area contributed by atoms with E-state index in [1.54, 1.807) is 13.0 Å². The number of hydrogen-bond acceptors (Lipinski definition) is 2. The number of benzene rings is 2. The van der Waals surface area contributed by atoms with Crippen molar-refractivity contribution in [2.75, 3.05) is 18.5 Å². The smallest absolute Gasteiger partial charge is 0.126 e. The van der Waals surface area contributed by atoms with Crippen LogP contribution in [0, 0.1) is 12.7 Å². The zero-order valence-electron chi connectivity index (χ0n) is 11.5. The Morgan fingerprint density at radius 1 is 1.25 bits per heavy atom. The summed E-state index contributed by atoms with van der Waals surface area (Å²) in [6.07, 6.45) is 1.00. The van der Waals surface area contributed by atoms with Gasteiger partial charge in [-0.25, -0.2) is 4.39 Å². The third-order valence-electron chi connectivity index (χ3n) is 3.79. The van der Waals surface area contributed by atoms with Crippen LogP contribution in [0.4, 0.5) is 10.1 Å². The van der Waals surface area contributed by atoms with Crippen LogP contribution in [-0.4, -0.2) is 13.2 Å². The van der Waals surface area contributed by atoms with Gasteiger partial charge in [0.25, 0.3) is 0 Å². The molecule has 1 unspecified atom stereocenters. The molecular formula is C17H18FNO. The summed E-state index contributed by atoms with van der Waals surface area (Å²) in [4.78, 5) is 0. The first-order chi connectivity index (χ1) is 9.74. The molecule has 0 aromatic heterocycles. The summed E-state index contributed by atoms with van der Waals surface area (Å²) >= 11 is 0. The Bertz CT molecular complexity index is 612. The normalized spacial score (nSPS) is 17.2. The van der Waals surface area contributed by atoms with Gasteiger partial charge in [0.2, 0.25) is 0 Å². The minimum atomic E-state index is -0.160. The van der Waals surface area contributed by atoms with Gasteiger partial charge in [0.05, 0.1) is 6.61 Å². The lowest BCUT2D eigenvalue weighted by Crippen LogP contribution is -2.20. The summed E-state index contributed by atoms with van der Waals surface area (Å²) in [5, 5.41) is 3.40. The molecule has 2 nitrogen and oxygen atoms in total. The fourth-order valence-electron chi connectivity index (χ4n) is 2.62. The van der Waals surface area contributed by atoms with Gasteiger partial charge in [-0.1, -0.05) is 18.2 Å². The van der Waals surface area contributed by atoms with E-state index in [1.807, 2.05) is 24.3 Å². The lowest BCUT2D eigenvalue weighted by atomic mass is 9.93. The van der Waals surface area contributed by atoms with Gasteiger partial charge in [-0.3, -0.25) is 0 Å². The van der Waals surface area contributed by atoms with E-state index in [0.29, 0.717) is 11.5 Å². The van der Waals surface area contributed by atoms with Crippen molar-refractivity contribution < 1.29 is 9.13 Å². The van der Waals surface area contributed by atoms with Crippen molar-refractivity contribution in [1.29, 1.82) is 0 Å². The fourth-order valence-corrected chi connectivity index (χ4v) is 2.62. The van der Waals surface area contributed by atoms with E-state index in [2.05, 4.69) is 11.4 Å². The number of nitrogens with one attached hydrogen (secondary N) is 1. The second-order valence-electron chi connectivity index (χ2n) is 5.22. The number of halogens is 1. The first-order valence-corrected chi connectivity index (χ1v) is 6.96. The van der Waals surface area contributed by atoms with Crippen LogP contribution >= 0.6 is 0 Å². The van der Waals surface area contributed by atoms with Crippen LogP contribution < -0.4 is 10.1 Å². The van der Waals surface area contributed by atoms with Crippen LogP contribution in [0.2, 0.25) is 0 Å². The molecule has 3 rings (SSSR count). The van der Waals surface area contributed by atoms with Crippen molar-refractivity contribution in [2.24, 2.45) is 0 Å². The minimum Gasteiger partial charge on any atom is -0.493 e. The highest BCUT2D eigenvalue weighted by molar-refractivity contribution is 5.47. The molecule has 0 amide bonds. The molecule has 0 saturated heterocycles. The van der Waals surface area contributed by atoms with Crippen LogP contribution in [0.15, 0.2) is 42.5 Å². The Balaban J connectivity index is 1.71. The Morgan fingerprint density at radius 3 is 2.95 bits per heavy atom. The molecule has 104 valence electrons. The third kappa shape index (κ3) is 2.62. The molecule has 0 saturated carbocycles. The van der Waals surface area contributed by atoms with E-state index in [1.165, 1.54) is 11.6 Å². The van der Waals surface area contributed by atoms with Crippen molar-refractivity contribution in [1.82, 2.24) is 0 Å². The van der Waals surface area contributed by atoms with Gasteiger partial charge in [0.15, 0.2) is 0 Å². The zero-order valence-corrected chi connectivity index (χ0v) is 11.5. The van der Waals surface area contributed by atoms with Crippen LogP contribution in [-0.2, 0) is 0 Å². The molecule has 20 heavy (non-hydrogen) atoms. The summed E-state index contributed by atoms with van der Waals surface area (Å²) in [6, 6.07) is 13.3. The van der Waals surface area contributed by atoms with Gasteiger partial charge in [0.1, 0.15) is 11.6 Å². The third-order valence-corrected chi connectivity index (χ3v) is 3.79. The van der Waals surface area contributed by atoms with Crippen molar-refractivity contribution in [3.05, 3.63) is 59.4 Å².